The van der Waals surface area contributed by atoms with Gasteiger partial charge in [-0.3, -0.25) is 4.90 Å². The first kappa shape index (κ1) is 19.8. The van der Waals surface area contributed by atoms with Crippen molar-refractivity contribution in [2.45, 2.75) is 53.3 Å². The maximum absolute atomic E-state index is 12.3. The highest BCUT2D eigenvalue weighted by Crippen LogP contribution is 2.26. The Kier molecular flexibility index (Phi) is 5.94. The first-order chi connectivity index (χ1) is 12.2. The Labute approximate surface area is 153 Å². The summed E-state index contributed by atoms with van der Waals surface area (Å²) in [6.45, 7) is 14.7. The second kappa shape index (κ2) is 7.80. The van der Waals surface area contributed by atoms with E-state index < -0.39 is 17.7 Å². The molecule has 0 unspecified atom stereocenters. The van der Waals surface area contributed by atoms with Crippen LogP contribution in [0, 0.1) is 0 Å². The molecule has 0 bridgehead atoms. The van der Waals surface area contributed by atoms with E-state index in [2.05, 4.69) is 11.6 Å². The van der Waals surface area contributed by atoms with Gasteiger partial charge in [-0.15, -0.1) is 0 Å². The number of aromatic nitrogens is 2. The minimum atomic E-state index is -0.575. The van der Waals surface area contributed by atoms with Crippen LogP contribution >= 0.6 is 0 Å². The second-order valence-corrected chi connectivity index (χ2v) is 6.86. The summed E-state index contributed by atoms with van der Waals surface area (Å²) in [4.78, 5) is 30.6. The second-order valence-electron chi connectivity index (χ2n) is 6.86. The minimum absolute atomic E-state index is 0.159. The molecule has 144 valence electrons. The molecule has 1 aromatic heterocycles. The molecule has 0 saturated heterocycles. The van der Waals surface area contributed by atoms with Crippen LogP contribution in [0.1, 0.15) is 56.6 Å². The number of hydrogen-bond donors (Lipinski definition) is 0. The molecule has 0 N–H and O–H groups in total. The van der Waals surface area contributed by atoms with Crippen molar-refractivity contribution in [3.05, 3.63) is 23.8 Å². The molecule has 1 aliphatic heterocycles. The summed E-state index contributed by atoms with van der Waals surface area (Å²) in [5.74, 6) is 0.398. The topological polar surface area (TPSA) is 82.9 Å². The number of nitrogens with zero attached hydrogens (tertiary/aromatic N) is 3. The molecule has 1 aliphatic rings. The van der Waals surface area contributed by atoms with Crippen LogP contribution in [0.3, 0.4) is 0 Å². The third-order valence-corrected chi connectivity index (χ3v) is 3.68. The Hall–Kier alpha value is -2.51. The maximum atomic E-state index is 12.3. The summed E-state index contributed by atoms with van der Waals surface area (Å²) in [6, 6.07) is 0. The van der Waals surface area contributed by atoms with Gasteiger partial charge in [0.2, 0.25) is 0 Å². The molecule has 0 atom stereocenters. The molecule has 2 heterocycles. The van der Waals surface area contributed by atoms with Gasteiger partial charge in [-0.2, -0.15) is 0 Å². The van der Waals surface area contributed by atoms with Gasteiger partial charge >= 0.3 is 12.1 Å². The van der Waals surface area contributed by atoms with Gasteiger partial charge in [-0.25, -0.2) is 14.6 Å². The molecule has 8 nitrogen and oxygen atoms in total. The lowest BCUT2D eigenvalue weighted by molar-refractivity contribution is 0.0194. The molecule has 0 saturated carbocycles. The number of imidazole rings is 1. The molecule has 0 radical (unpaired) electrons. The minimum Gasteiger partial charge on any atom is -0.492 e. The van der Waals surface area contributed by atoms with E-state index >= 15 is 0 Å². The first-order valence-electron chi connectivity index (χ1n) is 8.74. The largest absolute Gasteiger partial charge is 0.492 e. The third-order valence-electron chi connectivity index (χ3n) is 3.68. The Morgan fingerprint density at radius 1 is 1.15 bits per heavy atom. The van der Waals surface area contributed by atoms with Gasteiger partial charge in [-0.05, 0) is 34.6 Å². The van der Waals surface area contributed by atoms with E-state index in [-0.39, 0.29) is 18.8 Å². The fourth-order valence-electron chi connectivity index (χ4n) is 2.68. The molecule has 26 heavy (non-hydrogen) atoms. The summed E-state index contributed by atoms with van der Waals surface area (Å²) in [7, 11) is 0. The normalized spacial score (nSPS) is 13.8. The highest BCUT2D eigenvalue weighted by Gasteiger charge is 2.32. The standard InChI is InChI=1S/C18H27N3O5/c1-7-24-12(3)15-14(16(22)25-8-2)19-13-11-20(9-10-21(13)15)17(23)26-18(4,5)6/h3,7-11H2,1-2,4-6H3. The summed E-state index contributed by atoms with van der Waals surface area (Å²) in [6.07, 6.45) is -0.408. The van der Waals surface area contributed by atoms with Crippen LogP contribution in [0.2, 0.25) is 0 Å². The number of carbonyl (C=O) groups excluding carboxylic acids is 2. The van der Waals surface area contributed by atoms with Crippen LogP contribution in [-0.4, -0.2) is 51.9 Å². The van der Waals surface area contributed by atoms with Gasteiger partial charge in [0.05, 0.1) is 19.8 Å². The smallest absolute Gasteiger partial charge is 0.410 e. The molecule has 8 heteroatoms. The lowest BCUT2D eigenvalue weighted by Gasteiger charge is -2.30. The van der Waals surface area contributed by atoms with E-state index in [0.29, 0.717) is 37.0 Å². The number of rotatable bonds is 5. The van der Waals surface area contributed by atoms with Crippen molar-refractivity contribution >= 4 is 17.8 Å². The molecule has 1 amide bonds. The zero-order valence-corrected chi connectivity index (χ0v) is 16.1. The highest BCUT2D eigenvalue weighted by atomic mass is 16.6. The Balaban J connectivity index is 2.32. The SMILES string of the molecule is C=C(OCC)c1c(C(=O)OCC)nc2n1CCN(C(=O)OC(C)(C)C)C2. The Morgan fingerprint density at radius 3 is 2.38 bits per heavy atom. The van der Waals surface area contributed by atoms with E-state index in [1.165, 1.54) is 0 Å². The van der Waals surface area contributed by atoms with Crippen molar-refractivity contribution in [1.29, 1.82) is 0 Å². The van der Waals surface area contributed by atoms with Gasteiger partial charge in [0.1, 0.15) is 22.9 Å². The molecule has 2 rings (SSSR count). The summed E-state index contributed by atoms with van der Waals surface area (Å²) >= 11 is 0. The van der Waals surface area contributed by atoms with Crippen LogP contribution in [0.15, 0.2) is 6.58 Å². The Bertz CT molecular complexity index is 702. The lowest BCUT2D eigenvalue weighted by atomic mass is 10.2. The summed E-state index contributed by atoms with van der Waals surface area (Å²) in [5.41, 5.74) is 0.0875. The van der Waals surface area contributed by atoms with E-state index in [9.17, 15) is 9.59 Å². The maximum Gasteiger partial charge on any atom is 0.410 e. The zero-order chi connectivity index (χ0) is 19.5. The third kappa shape index (κ3) is 4.36. The van der Waals surface area contributed by atoms with E-state index in [0.717, 1.165) is 0 Å². The molecular formula is C18H27N3O5. The van der Waals surface area contributed by atoms with Crippen molar-refractivity contribution in [1.82, 2.24) is 14.5 Å². The van der Waals surface area contributed by atoms with Gasteiger partial charge in [0, 0.05) is 13.1 Å². The molecule has 0 aromatic carbocycles. The van der Waals surface area contributed by atoms with Crippen LogP contribution in [0.5, 0.6) is 0 Å². The zero-order valence-electron chi connectivity index (χ0n) is 16.1. The number of hydrogen-bond acceptors (Lipinski definition) is 6. The van der Waals surface area contributed by atoms with Crippen molar-refractivity contribution < 1.29 is 23.8 Å². The monoisotopic (exact) mass is 365 g/mol. The molecule has 1 aromatic rings. The predicted molar refractivity (Wildman–Crippen MR) is 95.5 cm³/mol. The summed E-state index contributed by atoms with van der Waals surface area (Å²) in [5, 5.41) is 0. The molecule has 0 fully saturated rings. The Morgan fingerprint density at radius 2 is 1.81 bits per heavy atom. The fraction of sp³-hybridized carbons (Fsp3) is 0.611. The van der Waals surface area contributed by atoms with Crippen molar-refractivity contribution in [2.75, 3.05) is 19.8 Å². The molecule has 0 aliphatic carbocycles. The van der Waals surface area contributed by atoms with Gasteiger partial charge in [0.25, 0.3) is 0 Å². The average molecular weight is 365 g/mol. The van der Waals surface area contributed by atoms with Gasteiger partial charge in [0.15, 0.2) is 5.69 Å². The average Bonchev–Trinajstić information content (AvgIpc) is 2.92. The fourth-order valence-corrected chi connectivity index (χ4v) is 2.68. The van der Waals surface area contributed by atoms with Crippen molar-refractivity contribution in [3.63, 3.8) is 0 Å². The lowest BCUT2D eigenvalue weighted by Crippen LogP contribution is -2.41. The number of amides is 1. The van der Waals surface area contributed by atoms with Gasteiger partial charge < -0.3 is 18.8 Å². The number of ether oxygens (including phenoxy) is 3. The molecular weight excluding hydrogens is 338 g/mol. The van der Waals surface area contributed by atoms with E-state index in [1.807, 2.05) is 32.3 Å². The van der Waals surface area contributed by atoms with Crippen LogP contribution < -0.4 is 0 Å². The number of fused-ring (bicyclic) bond motifs is 1. The quantitative estimate of drug-likeness (QED) is 0.589. The van der Waals surface area contributed by atoms with Crippen LogP contribution in [0.4, 0.5) is 4.79 Å². The van der Waals surface area contributed by atoms with Crippen LogP contribution in [0.25, 0.3) is 5.76 Å². The van der Waals surface area contributed by atoms with E-state index in [1.54, 1.807) is 11.8 Å². The predicted octanol–water partition coefficient (Wildman–Crippen LogP) is 2.82. The van der Waals surface area contributed by atoms with E-state index in [4.69, 9.17) is 14.2 Å². The summed E-state index contributed by atoms with van der Waals surface area (Å²) < 4.78 is 17.9. The molecule has 0 spiro atoms. The van der Waals surface area contributed by atoms with Crippen molar-refractivity contribution in [3.8, 4) is 0 Å². The van der Waals surface area contributed by atoms with Gasteiger partial charge in [-0.1, -0.05) is 6.58 Å². The number of esters is 1. The van der Waals surface area contributed by atoms with Crippen molar-refractivity contribution in [2.24, 2.45) is 0 Å². The number of carbonyl (C=O) groups is 2. The first-order valence-corrected chi connectivity index (χ1v) is 8.74. The highest BCUT2D eigenvalue weighted by molar-refractivity contribution is 5.92. The van der Waals surface area contributed by atoms with Crippen LogP contribution in [-0.2, 0) is 27.3 Å².